The molecule has 6 heteroatoms. The lowest BCUT2D eigenvalue weighted by molar-refractivity contribution is -0.123. The van der Waals surface area contributed by atoms with Crippen LogP contribution in [0.4, 0.5) is 5.69 Å². The van der Waals surface area contributed by atoms with Crippen LogP contribution in [-0.4, -0.2) is 22.7 Å². The third kappa shape index (κ3) is 3.75. The van der Waals surface area contributed by atoms with Crippen LogP contribution >= 0.6 is 15.9 Å². The zero-order valence-corrected chi connectivity index (χ0v) is 16.4. The van der Waals surface area contributed by atoms with E-state index >= 15 is 0 Å². The van der Waals surface area contributed by atoms with Crippen molar-refractivity contribution < 1.29 is 14.3 Å². The smallest absolute Gasteiger partial charge is 0.255 e. The van der Waals surface area contributed by atoms with Gasteiger partial charge in [0.1, 0.15) is 5.75 Å². The number of amides is 2. The molecule has 0 spiro atoms. The van der Waals surface area contributed by atoms with Crippen LogP contribution in [0.3, 0.4) is 0 Å². The van der Waals surface area contributed by atoms with Gasteiger partial charge in [0.05, 0.1) is 0 Å². The molecule has 140 valence electrons. The third-order valence-corrected chi connectivity index (χ3v) is 7.09. The Morgan fingerprint density at radius 1 is 1.15 bits per heavy atom. The van der Waals surface area contributed by atoms with Crippen molar-refractivity contribution in [2.24, 2.45) is 23.0 Å². The highest BCUT2D eigenvalue weighted by Gasteiger charge is 2.57. The van der Waals surface area contributed by atoms with Gasteiger partial charge in [-0.2, -0.15) is 0 Å². The Morgan fingerprint density at radius 2 is 1.81 bits per heavy atom. The van der Waals surface area contributed by atoms with E-state index in [1.807, 2.05) is 0 Å². The minimum atomic E-state index is -0.512. The second-order valence-corrected chi connectivity index (χ2v) is 10.3. The molecular weight excluding hydrogens is 396 g/mol. The van der Waals surface area contributed by atoms with Gasteiger partial charge in [-0.1, -0.05) is 15.9 Å². The van der Waals surface area contributed by atoms with Gasteiger partial charge in [0.15, 0.2) is 6.61 Å². The fourth-order valence-electron chi connectivity index (χ4n) is 5.88. The Hall–Kier alpha value is -1.56. The number of nitrogens with two attached hydrogens (primary N) is 1. The van der Waals surface area contributed by atoms with E-state index in [-0.39, 0.29) is 22.3 Å². The molecule has 5 nitrogen and oxygen atoms in total. The van der Waals surface area contributed by atoms with Gasteiger partial charge in [-0.3, -0.25) is 9.59 Å². The topological polar surface area (TPSA) is 81.4 Å². The van der Waals surface area contributed by atoms with Crippen LogP contribution in [-0.2, 0) is 9.59 Å². The first-order valence-electron chi connectivity index (χ1n) is 9.33. The summed E-state index contributed by atoms with van der Waals surface area (Å²) in [6.45, 7) is -0.148. The Labute approximate surface area is 162 Å². The first kappa shape index (κ1) is 17.8. The number of halogens is 1. The predicted octanol–water partition coefficient (Wildman–Crippen LogP) is 3.61. The summed E-state index contributed by atoms with van der Waals surface area (Å²) in [5.41, 5.74) is 5.98. The van der Waals surface area contributed by atoms with Crippen molar-refractivity contribution in [2.75, 3.05) is 11.9 Å². The molecule has 2 atom stereocenters. The minimum absolute atomic E-state index is 0.0915. The normalized spacial score (nSPS) is 34.5. The molecule has 4 aliphatic rings. The zero-order valence-electron chi connectivity index (χ0n) is 14.8. The summed E-state index contributed by atoms with van der Waals surface area (Å²) in [6.07, 6.45) is 8.03. The lowest BCUT2D eigenvalue weighted by Gasteiger charge is -2.60. The number of ether oxygens (including phenoxy) is 1. The van der Waals surface area contributed by atoms with Gasteiger partial charge < -0.3 is 15.8 Å². The molecule has 1 aromatic rings. The van der Waals surface area contributed by atoms with Crippen LogP contribution < -0.4 is 15.8 Å². The van der Waals surface area contributed by atoms with Gasteiger partial charge in [-0.05, 0) is 80.0 Å². The summed E-state index contributed by atoms with van der Waals surface area (Å²) in [4.78, 5) is 23.4. The van der Waals surface area contributed by atoms with Crippen LogP contribution in [0.2, 0.25) is 0 Å². The first-order chi connectivity index (χ1) is 12.3. The number of hydrogen-bond donors (Lipinski definition) is 2. The van der Waals surface area contributed by atoms with Crippen LogP contribution in [0.1, 0.15) is 44.9 Å². The predicted molar refractivity (Wildman–Crippen MR) is 103 cm³/mol. The zero-order chi connectivity index (χ0) is 18.4. The van der Waals surface area contributed by atoms with Crippen molar-refractivity contribution in [3.8, 4) is 5.75 Å². The van der Waals surface area contributed by atoms with Gasteiger partial charge in [0, 0.05) is 16.4 Å². The number of benzene rings is 1. The van der Waals surface area contributed by atoms with Crippen LogP contribution in [0.25, 0.3) is 0 Å². The van der Waals surface area contributed by atoms with Crippen molar-refractivity contribution in [2.45, 2.75) is 49.3 Å². The number of anilines is 1. The van der Waals surface area contributed by atoms with E-state index in [1.165, 1.54) is 32.1 Å². The van der Waals surface area contributed by atoms with E-state index in [4.69, 9.17) is 10.5 Å². The molecule has 4 saturated carbocycles. The maximum Gasteiger partial charge on any atom is 0.255 e. The summed E-state index contributed by atoms with van der Waals surface area (Å²) >= 11 is 4.00. The second kappa shape index (κ2) is 6.55. The summed E-state index contributed by atoms with van der Waals surface area (Å²) in [5.74, 6) is 1.70. The largest absolute Gasteiger partial charge is 0.484 e. The fourth-order valence-corrected chi connectivity index (χ4v) is 7.39. The molecule has 0 saturated heterocycles. The van der Waals surface area contributed by atoms with Gasteiger partial charge in [0.25, 0.3) is 5.91 Å². The van der Waals surface area contributed by atoms with Crippen molar-refractivity contribution in [1.82, 2.24) is 0 Å². The average molecular weight is 421 g/mol. The molecule has 1 aromatic carbocycles. The Balaban J connectivity index is 1.36. The van der Waals surface area contributed by atoms with Crippen LogP contribution in [0.15, 0.2) is 24.3 Å². The highest BCUT2D eigenvalue weighted by molar-refractivity contribution is 9.10. The van der Waals surface area contributed by atoms with Crippen molar-refractivity contribution in [3.05, 3.63) is 24.3 Å². The lowest BCUT2D eigenvalue weighted by Crippen LogP contribution is -2.53. The molecule has 0 radical (unpaired) electrons. The molecule has 0 aromatic heterocycles. The maximum atomic E-state index is 12.7. The maximum absolute atomic E-state index is 12.7. The van der Waals surface area contributed by atoms with Crippen LogP contribution in [0, 0.1) is 17.3 Å². The molecular formula is C20H25BrN2O3. The van der Waals surface area contributed by atoms with E-state index in [0.717, 1.165) is 23.9 Å². The van der Waals surface area contributed by atoms with Crippen molar-refractivity contribution in [1.29, 1.82) is 0 Å². The SMILES string of the molecule is NC(=O)COc1ccc(NC(=O)CC23CC4CC(CC(Br)(C4)C2)C3)cc1. The average Bonchev–Trinajstić information content (AvgIpc) is 2.51. The highest BCUT2D eigenvalue weighted by atomic mass is 79.9. The number of nitrogens with one attached hydrogen (secondary N) is 1. The standard InChI is InChI=1S/C20H25BrN2O3/c21-20-8-13-5-14(9-20)7-19(6-13,12-20)10-18(25)23-15-1-3-16(4-2-15)26-11-17(22)24/h1-4,13-14H,5-12H2,(H2,22,24)(H,23,25). The van der Waals surface area contributed by atoms with Crippen molar-refractivity contribution >= 4 is 33.4 Å². The molecule has 4 aliphatic carbocycles. The highest BCUT2D eigenvalue weighted by Crippen LogP contribution is 2.65. The summed E-state index contributed by atoms with van der Waals surface area (Å²) in [6, 6.07) is 7.05. The number of rotatable bonds is 6. The molecule has 0 heterocycles. The first-order valence-corrected chi connectivity index (χ1v) is 10.1. The van der Waals surface area contributed by atoms with E-state index in [9.17, 15) is 9.59 Å². The van der Waals surface area contributed by atoms with Gasteiger partial charge in [-0.15, -0.1) is 0 Å². The number of carbonyl (C=O) groups excluding carboxylic acids is 2. The Bertz CT molecular complexity index is 704. The molecule has 4 bridgehead atoms. The minimum Gasteiger partial charge on any atom is -0.484 e. The summed E-state index contributed by atoms with van der Waals surface area (Å²) in [7, 11) is 0. The van der Waals surface area contributed by atoms with E-state index in [2.05, 4.69) is 21.2 Å². The van der Waals surface area contributed by atoms with Crippen LogP contribution in [0.5, 0.6) is 5.75 Å². The number of alkyl halides is 1. The Kier molecular flexibility index (Phi) is 4.49. The third-order valence-electron chi connectivity index (χ3n) is 6.17. The van der Waals surface area contributed by atoms with Gasteiger partial charge in [-0.25, -0.2) is 0 Å². The van der Waals surface area contributed by atoms with E-state index in [1.54, 1.807) is 24.3 Å². The molecule has 0 aliphatic heterocycles. The summed E-state index contributed by atoms with van der Waals surface area (Å²) < 4.78 is 5.51. The number of carbonyl (C=O) groups is 2. The molecule has 3 N–H and O–H groups in total. The quantitative estimate of drug-likeness (QED) is 0.689. The number of primary amides is 1. The molecule has 5 rings (SSSR count). The van der Waals surface area contributed by atoms with Gasteiger partial charge in [0.2, 0.25) is 5.91 Å². The molecule has 4 fully saturated rings. The lowest BCUT2D eigenvalue weighted by atomic mass is 9.48. The second-order valence-electron chi connectivity index (χ2n) is 8.62. The summed E-state index contributed by atoms with van der Waals surface area (Å²) in [5, 5.41) is 3.02. The molecule has 2 amide bonds. The Morgan fingerprint density at radius 3 is 2.38 bits per heavy atom. The van der Waals surface area contributed by atoms with E-state index in [0.29, 0.717) is 12.2 Å². The van der Waals surface area contributed by atoms with Gasteiger partial charge >= 0.3 is 0 Å². The molecule has 26 heavy (non-hydrogen) atoms. The van der Waals surface area contributed by atoms with E-state index < -0.39 is 5.91 Å². The molecule has 2 unspecified atom stereocenters. The van der Waals surface area contributed by atoms with Crippen molar-refractivity contribution in [3.63, 3.8) is 0 Å². The fraction of sp³-hybridized carbons (Fsp3) is 0.600. The number of hydrogen-bond acceptors (Lipinski definition) is 3. The monoisotopic (exact) mass is 420 g/mol.